The molecule has 32 heavy (non-hydrogen) atoms. The summed E-state index contributed by atoms with van der Waals surface area (Å²) < 4.78 is 18.4. The fourth-order valence-electron chi connectivity index (χ4n) is 3.82. The van der Waals surface area contributed by atoms with Crippen molar-refractivity contribution in [2.45, 2.75) is 40.0 Å². The van der Waals surface area contributed by atoms with E-state index in [1.165, 1.54) is 10.7 Å². The fraction of sp³-hybridized carbons (Fsp3) is 0.240. The summed E-state index contributed by atoms with van der Waals surface area (Å²) in [5.74, 6) is 0.377. The Hall–Kier alpha value is -3.06. The van der Waals surface area contributed by atoms with Crippen molar-refractivity contribution in [2.75, 3.05) is 0 Å². The highest BCUT2D eigenvalue weighted by molar-refractivity contribution is 9.10. The molecule has 0 bridgehead atoms. The summed E-state index contributed by atoms with van der Waals surface area (Å²) in [6.45, 7) is 7.92. The fourth-order valence-corrected chi connectivity index (χ4v) is 4.18. The highest BCUT2D eigenvalue weighted by Gasteiger charge is 2.17. The van der Waals surface area contributed by atoms with Crippen molar-refractivity contribution < 1.29 is 4.39 Å². The van der Waals surface area contributed by atoms with Gasteiger partial charge >= 0.3 is 0 Å². The summed E-state index contributed by atoms with van der Waals surface area (Å²) in [6, 6.07) is 14.1. The normalized spacial score (nSPS) is 12.7. The van der Waals surface area contributed by atoms with Crippen molar-refractivity contribution in [1.82, 2.24) is 14.2 Å². The summed E-state index contributed by atoms with van der Waals surface area (Å²) in [4.78, 5) is 18.0. The van der Waals surface area contributed by atoms with E-state index in [1.807, 2.05) is 49.6 Å². The minimum absolute atomic E-state index is 0.0544. The van der Waals surface area contributed by atoms with E-state index in [0.717, 1.165) is 27.8 Å². The second-order valence-electron chi connectivity index (χ2n) is 7.92. The molecule has 0 unspecified atom stereocenters. The average Bonchev–Trinajstić information content (AvgIpc) is 3.06. The van der Waals surface area contributed by atoms with Gasteiger partial charge in [-0.1, -0.05) is 41.9 Å². The Morgan fingerprint density at radius 3 is 2.66 bits per heavy atom. The molecule has 2 aromatic carbocycles. The highest BCUT2D eigenvalue weighted by atomic mass is 79.9. The van der Waals surface area contributed by atoms with Crippen molar-refractivity contribution in [3.05, 3.63) is 92.0 Å². The van der Waals surface area contributed by atoms with Crippen LogP contribution in [0.25, 0.3) is 16.6 Å². The van der Waals surface area contributed by atoms with E-state index in [2.05, 4.69) is 28.0 Å². The molecule has 5 nitrogen and oxygen atoms in total. The molecule has 0 radical (unpaired) electrons. The lowest BCUT2D eigenvalue weighted by Crippen LogP contribution is -2.23. The molecule has 4 aromatic rings. The summed E-state index contributed by atoms with van der Waals surface area (Å²) in [5, 5.41) is 5.05. The van der Waals surface area contributed by atoms with Gasteiger partial charge in [0, 0.05) is 27.3 Å². The molecular formula is C25H24BrFN4O. The predicted molar refractivity (Wildman–Crippen MR) is 131 cm³/mol. The summed E-state index contributed by atoms with van der Waals surface area (Å²) in [7, 11) is 0. The summed E-state index contributed by atoms with van der Waals surface area (Å²) in [6.07, 6.45) is 2.48. The van der Waals surface area contributed by atoms with Gasteiger partial charge < -0.3 is 4.57 Å². The number of benzene rings is 2. The van der Waals surface area contributed by atoms with Crippen LogP contribution in [0.3, 0.4) is 0 Å². The first kappa shape index (κ1) is 22.1. The molecule has 1 atom stereocenters. The molecule has 0 saturated heterocycles. The SMILES string of the molecule is CC[C@H](C)c1nc2ccc(Br)cc2c(=O)n1N=Cc1cc(C)n(-c2ccccc2F)c1C. The van der Waals surface area contributed by atoms with Gasteiger partial charge in [0.2, 0.25) is 0 Å². The van der Waals surface area contributed by atoms with Crippen LogP contribution in [-0.2, 0) is 0 Å². The van der Waals surface area contributed by atoms with Gasteiger partial charge in [0.05, 0.1) is 22.8 Å². The largest absolute Gasteiger partial charge is 0.315 e. The topological polar surface area (TPSA) is 52.2 Å². The van der Waals surface area contributed by atoms with Crippen molar-refractivity contribution >= 4 is 33.0 Å². The molecule has 0 aliphatic rings. The minimum atomic E-state index is -0.294. The number of para-hydroxylation sites is 1. The first-order valence-corrected chi connectivity index (χ1v) is 11.3. The predicted octanol–water partition coefficient (Wildman–Crippen LogP) is 6.10. The number of halogens is 2. The van der Waals surface area contributed by atoms with Gasteiger partial charge in [0.25, 0.3) is 5.56 Å². The Morgan fingerprint density at radius 1 is 1.19 bits per heavy atom. The molecular weight excluding hydrogens is 471 g/mol. The first-order valence-electron chi connectivity index (χ1n) is 10.5. The minimum Gasteiger partial charge on any atom is -0.315 e. The number of rotatable bonds is 5. The third-order valence-corrected chi connectivity index (χ3v) is 6.26. The summed E-state index contributed by atoms with van der Waals surface area (Å²) >= 11 is 3.43. The highest BCUT2D eigenvalue weighted by Crippen LogP contribution is 2.23. The van der Waals surface area contributed by atoms with Crippen LogP contribution in [0.2, 0.25) is 0 Å². The van der Waals surface area contributed by atoms with Crippen LogP contribution in [0.1, 0.15) is 49.0 Å². The molecule has 0 spiro atoms. The smallest absolute Gasteiger partial charge is 0.282 e. The Labute approximate surface area is 194 Å². The van der Waals surface area contributed by atoms with Gasteiger partial charge in [-0.3, -0.25) is 4.79 Å². The van der Waals surface area contributed by atoms with E-state index in [4.69, 9.17) is 4.98 Å². The van der Waals surface area contributed by atoms with Crippen LogP contribution < -0.4 is 5.56 Å². The molecule has 7 heteroatoms. The maximum absolute atomic E-state index is 14.4. The Morgan fingerprint density at radius 2 is 1.94 bits per heavy atom. The molecule has 0 amide bonds. The average molecular weight is 495 g/mol. The van der Waals surface area contributed by atoms with Gasteiger partial charge in [-0.05, 0) is 56.7 Å². The monoisotopic (exact) mass is 494 g/mol. The zero-order chi connectivity index (χ0) is 23.0. The van der Waals surface area contributed by atoms with Crippen LogP contribution in [-0.4, -0.2) is 20.4 Å². The van der Waals surface area contributed by atoms with E-state index < -0.39 is 0 Å². The maximum atomic E-state index is 14.4. The van der Waals surface area contributed by atoms with Crippen LogP contribution >= 0.6 is 15.9 Å². The number of hydrogen-bond donors (Lipinski definition) is 0. The lowest BCUT2D eigenvalue weighted by Gasteiger charge is -2.14. The van der Waals surface area contributed by atoms with Gasteiger partial charge in [0.15, 0.2) is 0 Å². The van der Waals surface area contributed by atoms with E-state index in [0.29, 0.717) is 22.4 Å². The van der Waals surface area contributed by atoms with Crippen LogP contribution in [0.5, 0.6) is 0 Å². The van der Waals surface area contributed by atoms with Gasteiger partial charge in [-0.25, -0.2) is 9.37 Å². The Balaban J connectivity index is 1.86. The molecule has 0 N–H and O–H groups in total. The zero-order valence-electron chi connectivity index (χ0n) is 18.4. The van der Waals surface area contributed by atoms with E-state index >= 15 is 0 Å². The van der Waals surface area contributed by atoms with Gasteiger partial charge in [0.1, 0.15) is 11.6 Å². The molecule has 0 aliphatic carbocycles. The van der Waals surface area contributed by atoms with Crippen LogP contribution in [0.15, 0.2) is 62.9 Å². The van der Waals surface area contributed by atoms with E-state index in [9.17, 15) is 9.18 Å². The van der Waals surface area contributed by atoms with Gasteiger partial charge in [-0.15, -0.1) is 0 Å². The quantitative estimate of drug-likeness (QED) is 0.314. The molecule has 2 heterocycles. The van der Waals surface area contributed by atoms with Crippen LogP contribution in [0.4, 0.5) is 4.39 Å². The molecule has 0 saturated carbocycles. The summed E-state index contributed by atoms with van der Waals surface area (Å²) in [5.41, 5.74) is 3.44. The lowest BCUT2D eigenvalue weighted by atomic mass is 10.1. The second kappa shape index (κ2) is 8.82. The number of aryl methyl sites for hydroxylation is 1. The lowest BCUT2D eigenvalue weighted by molar-refractivity contribution is 0.613. The molecule has 164 valence electrons. The van der Waals surface area contributed by atoms with Crippen molar-refractivity contribution in [3.63, 3.8) is 0 Å². The molecule has 4 rings (SSSR count). The standard InChI is InChI=1S/C25H24BrFN4O/c1-5-15(2)24-29-22-11-10-19(26)13-20(22)25(32)31(24)28-14-18-12-16(3)30(17(18)4)23-9-7-6-8-21(23)27/h6-15H,5H2,1-4H3/t15-/m0/s1. The van der Waals surface area contributed by atoms with E-state index in [-0.39, 0.29) is 17.3 Å². The second-order valence-corrected chi connectivity index (χ2v) is 8.83. The Bertz CT molecular complexity index is 1400. The molecule has 0 fully saturated rings. The number of fused-ring (bicyclic) bond motifs is 1. The number of hydrogen-bond acceptors (Lipinski definition) is 3. The first-order chi connectivity index (χ1) is 15.3. The molecule has 2 aromatic heterocycles. The third-order valence-electron chi connectivity index (χ3n) is 5.76. The zero-order valence-corrected chi connectivity index (χ0v) is 20.0. The number of aromatic nitrogens is 3. The number of nitrogens with zero attached hydrogens (tertiary/aromatic N) is 4. The van der Waals surface area contributed by atoms with Crippen molar-refractivity contribution in [2.24, 2.45) is 5.10 Å². The van der Waals surface area contributed by atoms with Gasteiger partial charge in [-0.2, -0.15) is 9.78 Å². The molecule has 0 aliphatic heterocycles. The van der Waals surface area contributed by atoms with Crippen molar-refractivity contribution in [3.8, 4) is 5.69 Å². The van der Waals surface area contributed by atoms with E-state index in [1.54, 1.807) is 24.4 Å². The van der Waals surface area contributed by atoms with Crippen LogP contribution in [0, 0.1) is 19.7 Å². The maximum Gasteiger partial charge on any atom is 0.282 e. The third kappa shape index (κ3) is 3.93. The van der Waals surface area contributed by atoms with Crippen molar-refractivity contribution in [1.29, 1.82) is 0 Å². The Kier molecular flexibility index (Phi) is 6.11.